The number of carbonyl (C=O) groups excluding carboxylic acids is 2. The first kappa shape index (κ1) is 59.7. The third kappa shape index (κ3) is 20.6. The fourth-order valence-corrected chi connectivity index (χ4v) is 8.28. The molecule has 3 aliphatic rings. The summed E-state index contributed by atoms with van der Waals surface area (Å²) in [6.45, 7) is 5.62. The van der Waals surface area contributed by atoms with Crippen molar-refractivity contribution in [3.05, 3.63) is 85.1 Å². The molecular formula is C49H76F2N2O16. The van der Waals surface area contributed by atoms with Crippen molar-refractivity contribution >= 4 is 11.9 Å². The van der Waals surface area contributed by atoms with Gasteiger partial charge in [-0.25, -0.2) is 8.78 Å². The number of nitrogens with two attached hydrogens (primary N) is 1. The maximum Gasteiger partial charge on any atom is 0.308 e. The fourth-order valence-electron chi connectivity index (χ4n) is 8.28. The first-order valence-electron chi connectivity index (χ1n) is 23.5. The van der Waals surface area contributed by atoms with E-state index in [2.05, 4.69) is 5.32 Å². The Bertz CT molecular complexity index is 1770. The highest BCUT2D eigenvalue weighted by Gasteiger charge is 2.51. The van der Waals surface area contributed by atoms with Gasteiger partial charge in [-0.05, 0) is 33.1 Å². The number of hydrogen-bond donors (Lipinski definition) is 12. The van der Waals surface area contributed by atoms with E-state index in [-0.39, 0.29) is 31.6 Å². The molecule has 392 valence electrons. The molecule has 0 aromatic rings. The highest BCUT2D eigenvalue weighted by Crippen LogP contribution is 2.38. The van der Waals surface area contributed by atoms with Gasteiger partial charge in [0.2, 0.25) is 5.91 Å². The van der Waals surface area contributed by atoms with Crippen LogP contribution in [0.5, 0.6) is 0 Å². The Morgan fingerprint density at radius 2 is 1.30 bits per heavy atom. The summed E-state index contributed by atoms with van der Waals surface area (Å²) in [6.07, 6.45) is -0.719. The van der Waals surface area contributed by atoms with Gasteiger partial charge in [0.15, 0.2) is 12.1 Å². The lowest BCUT2D eigenvalue weighted by Crippen LogP contribution is -2.62. The van der Waals surface area contributed by atoms with E-state index < -0.39 is 160 Å². The topological polar surface area (TPSA) is 311 Å². The van der Waals surface area contributed by atoms with Crippen LogP contribution in [0, 0.1) is 17.8 Å². The lowest BCUT2D eigenvalue weighted by Gasteiger charge is -2.46. The molecule has 3 heterocycles. The molecule has 69 heavy (non-hydrogen) atoms. The van der Waals surface area contributed by atoms with E-state index in [0.717, 1.165) is 0 Å². The van der Waals surface area contributed by atoms with Crippen molar-refractivity contribution in [2.45, 2.75) is 183 Å². The largest absolute Gasteiger partial charge is 0.462 e. The second-order valence-electron chi connectivity index (χ2n) is 18.4. The summed E-state index contributed by atoms with van der Waals surface area (Å²) in [4.78, 5) is 26.0. The van der Waals surface area contributed by atoms with E-state index in [0.29, 0.717) is 0 Å². The Labute approximate surface area is 402 Å². The van der Waals surface area contributed by atoms with Crippen molar-refractivity contribution in [2.24, 2.45) is 23.5 Å². The molecular weight excluding hydrogens is 911 g/mol. The number of amides is 1. The first-order valence-corrected chi connectivity index (χ1v) is 23.5. The molecule has 3 aliphatic heterocycles. The van der Waals surface area contributed by atoms with Crippen molar-refractivity contribution in [1.29, 1.82) is 0 Å². The summed E-state index contributed by atoms with van der Waals surface area (Å²) in [5.74, 6) is -6.54. The van der Waals surface area contributed by atoms with Gasteiger partial charge in [-0.1, -0.05) is 98.9 Å². The van der Waals surface area contributed by atoms with Crippen LogP contribution in [0.25, 0.3) is 0 Å². The SMILES string of the molecule is C[C@@H]1[C@H](O)[C@@H](C)/C=C/C=C/C=C/C=C/C=C/C=C/C=C/[C@H](O[C@@H]2O[C@H](C)[C@@H](O)[C@H](N)[C@@H]2O)C[C@@H]2O[C@](O)(C[C@@H](O)C[C@@H](O)[C@H](O)CC[C@@H](O)C[C@@H](O)CC(=O)O[C@H]1C)C[C@H](O)[C@H]2C(=O)NCC(F)F. The van der Waals surface area contributed by atoms with Crippen molar-refractivity contribution in [1.82, 2.24) is 5.32 Å². The van der Waals surface area contributed by atoms with Gasteiger partial charge in [-0.15, -0.1) is 0 Å². The molecule has 0 aliphatic carbocycles. The van der Waals surface area contributed by atoms with Gasteiger partial charge in [-0.3, -0.25) is 9.59 Å². The molecule has 0 unspecified atom stereocenters. The standard InChI is InChI=1S/C49H76F2N2O16/c1-28-17-15-13-11-9-7-5-6-8-10-12-14-16-18-35(68-48-46(63)43(52)45(62)31(4)67-48)24-39-42(47(64)53-27-40(50)51)38(59)26-49(65,69-39)25-34(56)22-37(58)36(57)20-19-32(54)21-33(55)23-41(60)66-30(3)29(2)44(28)61/h5-18,28-40,42-46,48,54-59,61-63,65H,19-27,52H2,1-4H3,(H,53,64)/b6-5+,9-7+,10-8+,13-11+,14-12+,17-15+,18-16+/t28-,29-,30-,31+,32+,33+,34-,35-,36+,37+,38-,39-,42+,43-,44+,45+,46-,48-,49+/m0/s1. The minimum Gasteiger partial charge on any atom is -0.462 e. The molecule has 2 saturated heterocycles. The molecule has 13 N–H and O–H groups in total. The van der Waals surface area contributed by atoms with E-state index in [1.807, 2.05) is 13.0 Å². The van der Waals surface area contributed by atoms with Crippen molar-refractivity contribution < 1.29 is 88.4 Å². The highest BCUT2D eigenvalue weighted by atomic mass is 19.3. The summed E-state index contributed by atoms with van der Waals surface area (Å²) in [5.41, 5.74) is 6.04. The van der Waals surface area contributed by atoms with Crippen LogP contribution in [0.1, 0.15) is 79.1 Å². The molecule has 1 amide bonds. The van der Waals surface area contributed by atoms with Gasteiger partial charge in [0.05, 0.1) is 92.1 Å². The average Bonchev–Trinajstić information content (AvgIpc) is 3.26. The zero-order valence-electron chi connectivity index (χ0n) is 39.7. The Morgan fingerprint density at radius 1 is 0.725 bits per heavy atom. The maximum atomic E-state index is 13.4. The number of ether oxygens (including phenoxy) is 4. The number of aliphatic hydroxyl groups excluding tert-OH is 9. The van der Waals surface area contributed by atoms with Crippen molar-refractivity contribution in [2.75, 3.05) is 6.54 Å². The van der Waals surface area contributed by atoms with E-state index in [1.165, 1.54) is 13.0 Å². The Kier molecular flexibility index (Phi) is 25.7. The molecule has 3 rings (SSSR count). The van der Waals surface area contributed by atoms with Crippen molar-refractivity contribution in [3.63, 3.8) is 0 Å². The number of fused-ring (bicyclic) bond motifs is 2. The number of halogens is 2. The minimum atomic E-state index is -2.95. The van der Waals surface area contributed by atoms with Gasteiger partial charge >= 0.3 is 5.97 Å². The Hall–Kier alpha value is -3.58. The Balaban J connectivity index is 1.92. The molecule has 18 nitrogen and oxygen atoms in total. The number of nitrogens with one attached hydrogen (secondary N) is 1. The number of aliphatic hydroxyl groups is 10. The van der Waals surface area contributed by atoms with Gasteiger partial charge < -0.3 is 81.1 Å². The molecule has 0 saturated carbocycles. The number of rotatable bonds is 5. The molecule has 2 fully saturated rings. The smallest absolute Gasteiger partial charge is 0.308 e. The number of allylic oxidation sites excluding steroid dienone is 12. The molecule has 2 bridgehead atoms. The first-order chi connectivity index (χ1) is 32.5. The number of hydrogen-bond acceptors (Lipinski definition) is 17. The van der Waals surface area contributed by atoms with Crippen LogP contribution in [0.3, 0.4) is 0 Å². The van der Waals surface area contributed by atoms with E-state index in [4.69, 9.17) is 24.7 Å². The highest BCUT2D eigenvalue weighted by molar-refractivity contribution is 5.80. The number of alkyl halides is 2. The average molecular weight is 987 g/mol. The van der Waals surface area contributed by atoms with Crippen LogP contribution < -0.4 is 11.1 Å². The van der Waals surface area contributed by atoms with Crippen LogP contribution in [0.2, 0.25) is 0 Å². The second kappa shape index (κ2) is 29.7. The maximum absolute atomic E-state index is 13.4. The van der Waals surface area contributed by atoms with Crippen LogP contribution in [-0.2, 0) is 28.5 Å². The minimum absolute atomic E-state index is 0.136. The summed E-state index contributed by atoms with van der Waals surface area (Å²) in [6, 6.07) is -1.19. The molecule has 19 atom stereocenters. The lowest BCUT2D eigenvalue weighted by molar-refractivity contribution is -0.307. The van der Waals surface area contributed by atoms with Gasteiger partial charge in [-0.2, -0.15) is 0 Å². The van der Waals surface area contributed by atoms with E-state index in [1.54, 1.807) is 86.8 Å². The number of carbonyl (C=O) groups is 2. The summed E-state index contributed by atoms with van der Waals surface area (Å²) < 4.78 is 49.7. The van der Waals surface area contributed by atoms with Crippen LogP contribution >= 0.6 is 0 Å². The van der Waals surface area contributed by atoms with Crippen molar-refractivity contribution in [3.8, 4) is 0 Å². The van der Waals surface area contributed by atoms with Gasteiger partial charge in [0.25, 0.3) is 6.43 Å². The second-order valence-corrected chi connectivity index (χ2v) is 18.4. The van der Waals surface area contributed by atoms with Gasteiger partial charge in [0, 0.05) is 37.5 Å². The summed E-state index contributed by atoms with van der Waals surface area (Å²) in [7, 11) is 0. The van der Waals surface area contributed by atoms with E-state index in [9.17, 15) is 69.4 Å². The molecule has 0 aromatic heterocycles. The monoisotopic (exact) mass is 987 g/mol. The van der Waals surface area contributed by atoms with Gasteiger partial charge in [0.1, 0.15) is 12.2 Å². The zero-order chi connectivity index (χ0) is 51.4. The molecule has 0 spiro atoms. The summed E-state index contributed by atoms with van der Waals surface area (Å²) >= 11 is 0. The quantitative estimate of drug-likeness (QED) is 0.171. The number of esters is 1. The van der Waals surface area contributed by atoms with E-state index >= 15 is 0 Å². The predicted molar refractivity (Wildman–Crippen MR) is 248 cm³/mol. The Morgan fingerprint density at radius 3 is 1.90 bits per heavy atom. The molecule has 0 aromatic carbocycles. The molecule has 0 radical (unpaired) electrons. The fraction of sp³-hybridized carbons (Fsp3) is 0.673. The third-order valence-corrected chi connectivity index (χ3v) is 12.5. The molecule has 20 heteroatoms. The van der Waals surface area contributed by atoms with Crippen LogP contribution in [0.4, 0.5) is 8.78 Å². The third-order valence-electron chi connectivity index (χ3n) is 12.5. The van der Waals surface area contributed by atoms with Crippen LogP contribution in [-0.4, -0.2) is 173 Å². The zero-order valence-corrected chi connectivity index (χ0v) is 39.7. The van der Waals surface area contributed by atoms with Crippen LogP contribution in [0.15, 0.2) is 85.1 Å². The lowest BCUT2D eigenvalue weighted by atomic mass is 9.82. The predicted octanol–water partition coefficient (Wildman–Crippen LogP) is 1.01. The summed E-state index contributed by atoms with van der Waals surface area (Å²) in [5, 5.41) is 111. The number of cyclic esters (lactones) is 1. The normalized spacial score (nSPS) is 43.6.